The standard InChI is InChI=1S/C16H16N2O2/c17-16(19)14-9-18-7-6-15(14)20-10-11-4-5-12-2-1-3-13(12)8-11/h4-9H,1-3,10H2,(H2,17,19). The van der Waals surface area contributed by atoms with Gasteiger partial charge in [-0.1, -0.05) is 18.2 Å². The van der Waals surface area contributed by atoms with Crippen molar-refractivity contribution in [2.24, 2.45) is 5.73 Å². The van der Waals surface area contributed by atoms with Gasteiger partial charge in [0.25, 0.3) is 5.91 Å². The molecule has 0 saturated heterocycles. The van der Waals surface area contributed by atoms with E-state index in [1.165, 1.54) is 30.2 Å². The molecule has 1 heterocycles. The maximum atomic E-state index is 11.3. The van der Waals surface area contributed by atoms with Gasteiger partial charge < -0.3 is 10.5 Å². The topological polar surface area (TPSA) is 65.2 Å². The van der Waals surface area contributed by atoms with Crippen molar-refractivity contribution < 1.29 is 9.53 Å². The molecule has 0 radical (unpaired) electrons. The highest BCUT2D eigenvalue weighted by Gasteiger charge is 2.12. The second-order valence-electron chi connectivity index (χ2n) is 4.98. The van der Waals surface area contributed by atoms with Crippen molar-refractivity contribution in [3.63, 3.8) is 0 Å². The van der Waals surface area contributed by atoms with Gasteiger partial charge in [0.1, 0.15) is 12.4 Å². The number of carbonyl (C=O) groups excluding carboxylic acids is 1. The summed E-state index contributed by atoms with van der Waals surface area (Å²) in [6.07, 6.45) is 6.57. The number of benzene rings is 1. The van der Waals surface area contributed by atoms with E-state index in [4.69, 9.17) is 10.5 Å². The molecule has 1 aromatic heterocycles. The van der Waals surface area contributed by atoms with Gasteiger partial charge in [-0.2, -0.15) is 0 Å². The number of aromatic nitrogens is 1. The van der Waals surface area contributed by atoms with Crippen LogP contribution in [-0.4, -0.2) is 10.9 Å². The smallest absolute Gasteiger partial charge is 0.254 e. The van der Waals surface area contributed by atoms with E-state index in [1.807, 2.05) is 0 Å². The molecular weight excluding hydrogens is 252 g/mol. The summed E-state index contributed by atoms with van der Waals surface area (Å²) in [7, 11) is 0. The molecule has 0 saturated carbocycles. The number of nitrogens with two attached hydrogens (primary N) is 1. The Hall–Kier alpha value is -2.36. The highest BCUT2D eigenvalue weighted by molar-refractivity contribution is 5.95. The van der Waals surface area contributed by atoms with E-state index in [1.54, 1.807) is 12.3 Å². The fourth-order valence-electron chi connectivity index (χ4n) is 2.57. The number of nitrogens with zero attached hydrogens (tertiary/aromatic N) is 1. The quantitative estimate of drug-likeness (QED) is 0.924. The Balaban J connectivity index is 1.75. The summed E-state index contributed by atoms with van der Waals surface area (Å²) in [5, 5.41) is 0. The molecule has 1 aliphatic carbocycles. The molecule has 20 heavy (non-hydrogen) atoms. The predicted octanol–water partition coefficient (Wildman–Crippen LogP) is 2.25. The fraction of sp³-hybridized carbons (Fsp3) is 0.250. The van der Waals surface area contributed by atoms with Crippen molar-refractivity contribution in [2.45, 2.75) is 25.9 Å². The zero-order valence-electron chi connectivity index (χ0n) is 11.1. The molecule has 0 atom stereocenters. The summed E-state index contributed by atoms with van der Waals surface area (Å²) in [6.45, 7) is 0.428. The first-order chi connectivity index (χ1) is 9.74. The minimum absolute atomic E-state index is 0.314. The SMILES string of the molecule is NC(=O)c1cnccc1OCc1ccc2c(c1)CCC2. The zero-order valence-corrected chi connectivity index (χ0v) is 11.1. The van der Waals surface area contributed by atoms with Crippen molar-refractivity contribution in [2.75, 3.05) is 0 Å². The molecule has 0 spiro atoms. The van der Waals surface area contributed by atoms with Gasteiger partial charge in [-0.25, -0.2) is 0 Å². The summed E-state index contributed by atoms with van der Waals surface area (Å²) < 4.78 is 5.70. The largest absolute Gasteiger partial charge is 0.488 e. The third-order valence-corrected chi connectivity index (χ3v) is 3.60. The second kappa shape index (κ2) is 5.33. The number of hydrogen-bond acceptors (Lipinski definition) is 3. The highest BCUT2D eigenvalue weighted by atomic mass is 16.5. The molecule has 0 fully saturated rings. The van der Waals surface area contributed by atoms with Crippen LogP contribution in [0.5, 0.6) is 5.75 Å². The van der Waals surface area contributed by atoms with Gasteiger partial charge in [0.05, 0.1) is 5.56 Å². The van der Waals surface area contributed by atoms with E-state index < -0.39 is 5.91 Å². The third kappa shape index (κ3) is 2.50. The number of rotatable bonds is 4. The van der Waals surface area contributed by atoms with Gasteiger partial charge >= 0.3 is 0 Å². The van der Waals surface area contributed by atoms with Crippen molar-refractivity contribution in [3.05, 3.63) is 58.9 Å². The molecular formula is C16H16N2O2. The van der Waals surface area contributed by atoms with Crippen LogP contribution in [0.3, 0.4) is 0 Å². The van der Waals surface area contributed by atoms with Gasteiger partial charge in [0, 0.05) is 12.4 Å². The lowest BCUT2D eigenvalue weighted by Gasteiger charge is -2.10. The van der Waals surface area contributed by atoms with E-state index in [0.717, 1.165) is 12.0 Å². The van der Waals surface area contributed by atoms with Gasteiger partial charge in [-0.05, 0) is 42.0 Å². The zero-order chi connectivity index (χ0) is 13.9. The average molecular weight is 268 g/mol. The average Bonchev–Trinajstić information content (AvgIpc) is 2.92. The molecule has 3 rings (SSSR count). The Morgan fingerprint density at radius 2 is 2.10 bits per heavy atom. The lowest BCUT2D eigenvalue weighted by atomic mass is 10.1. The van der Waals surface area contributed by atoms with Crippen LogP contribution in [0.1, 0.15) is 33.5 Å². The monoisotopic (exact) mass is 268 g/mol. The third-order valence-electron chi connectivity index (χ3n) is 3.60. The maximum absolute atomic E-state index is 11.3. The first-order valence-corrected chi connectivity index (χ1v) is 6.71. The summed E-state index contributed by atoms with van der Waals surface area (Å²) in [5.41, 5.74) is 9.57. The molecule has 2 N–H and O–H groups in total. The molecule has 4 heteroatoms. The number of aryl methyl sites for hydroxylation is 2. The number of ether oxygens (including phenoxy) is 1. The maximum Gasteiger partial charge on any atom is 0.254 e. The summed E-state index contributed by atoms with van der Waals surface area (Å²) in [4.78, 5) is 15.2. The minimum Gasteiger partial charge on any atom is -0.488 e. The molecule has 0 aliphatic heterocycles. The van der Waals surface area contributed by atoms with Crippen LogP contribution in [0.4, 0.5) is 0 Å². The van der Waals surface area contributed by atoms with E-state index in [2.05, 4.69) is 23.2 Å². The lowest BCUT2D eigenvalue weighted by molar-refractivity contribution is 0.0995. The van der Waals surface area contributed by atoms with Crippen LogP contribution in [0.25, 0.3) is 0 Å². The Morgan fingerprint density at radius 3 is 2.95 bits per heavy atom. The number of pyridine rings is 1. The normalized spacial score (nSPS) is 13.0. The number of primary amides is 1. The minimum atomic E-state index is -0.526. The number of carbonyl (C=O) groups is 1. The lowest BCUT2D eigenvalue weighted by Crippen LogP contribution is -2.13. The first kappa shape index (κ1) is 12.7. The Kier molecular flexibility index (Phi) is 3.37. The first-order valence-electron chi connectivity index (χ1n) is 6.71. The number of hydrogen-bond donors (Lipinski definition) is 1. The molecule has 0 unspecified atom stereocenters. The summed E-state index contributed by atoms with van der Waals surface area (Å²) >= 11 is 0. The molecule has 1 aromatic carbocycles. The van der Waals surface area contributed by atoms with E-state index >= 15 is 0 Å². The highest BCUT2D eigenvalue weighted by Crippen LogP contribution is 2.24. The van der Waals surface area contributed by atoms with E-state index in [0.29, 0.717) is 17.9 Å². The molecule has 1 amide bonds. The molecule has 4 nitrogen and oxygen atoms in total. The number of fused-ring (bicyclic) bond motifs is 1. The van der Waals surface area contributed by atoms with Gasteiger partial charge in [0.15, 0.2) is 0 Å². The van der Waals surface area contributed by atoms with Crippen LogP contribution in [0.2, 0.25) is 0 Å². The Morgan fingerprint density at radius 1 is 1.25 bits per heavy atom. The van der Waals surface area contributed by atoms with Gasteiger partial charge in [0.2, 0.25) is 0 Å². The van der Waals surface area contributed by atoms with Crippen molar-refractivity contribution in [1.29, 1.82) is 0 Å². The van der Waals surface area contributed by atoms with Crippen LogP contribution in [-0.2, 0) is 19.4 Å². The molecule has 102 valence electrons. The molecule has 0 bridgehead atoms. The molecule has 2 aromatic rings. The second-order valence-corrected chi connectivity index (χ2v) is 4.98. The van der Waals surface area contributed by atoms with Crippen LogP contribution < -0.4 is 10.5 Å². The van der Waals surface area contributed by atoms with Crippen molar-refractivity contribution >= 4 is 5.91 Å². The van der Waals surface area contributed by atoms with Gasteiger partial charge in [-0.3, -0.25) is 9.78 Å². The Bertz CT molecular complexity index is 653. The number of amides is 1. The van der Waals surface area contributed by atoms with E-state index in [9.17, 15) is 4.79 Å². The summed E-state index contributed by atoms with van der Waals surface area (Å²) in [5.74, 6) is -0.0462. The molecule has 1 aliphatic rings. The van der Waals surface area contributed by atoms with E-state index in [-0.39, 0.29) is 0 Å². The Labute approximate surface area is 117 Å². The van der Waals surface area contributed by atoms with Crippen molar-refractivity contribution in [3.8, 4) is 5.75 Å². The predicted molar refractivity (Wildman–Crippen MR) is 75.6 cm³/mol. The fourth-order valence-corrected chi connectivity index (χ4v) is 2.57. The van der Waals surface area contributed by atoms with Crippen molar-refractivity contribution in [1.82, 2.24) is 4.98 Å². The van der Waals surface area contributed by atoms with Gasteiger partial charge in [-0.15, -0.1) is 0 Å². The van der Waals surface area contributed by atoms with Crippen LogP contribution >= 0.6 is 0 Å². The van der Waals surface area contributed by atoms with Crippen LogP contribution in [0.15, 0.2) is 36.7 Å². The summed E-state index contributed by atoms with van der Waals surface area (Å²) in [6, 6.07) is 8.10. The van der Waals surface area contributed by atoms with Crippen LogP contribution in [0, 0.1) is 0 Å².